The van der Waals surface area contributed by atoms with Gasteiger partial charge in [-0.1, -0.05) is 25.8 Å². The molecular weight excluding hydrogens is 264 g/mol. The number of phenolic OH excluding ortho intramolecular Hbond substituents is 1. The molecule has 1 aromatic rings. The Morgan fingerprint density at radius 1 is 1.38 bits per heavy atom. The molecule has 1 amide bonds. The van der Waals surface area contributed by atoms with Crippen molar-refractivity contribution in [2.24, 2.45) is 0 Å². The van der Waals surface area contributed by atoms with E-state index in [0.29, 0.717) is 17.7 Å². The highest BCUT2D eigenvalue weighted by Gasteiger charge is 2.37. The third-order valence-electron chi connectivity index (χ3n) is 4.95. The van der Waals surface area contributed by atoms with Gasteiger partial charge in [0.05, 0.1) is 0 Å². The van der Waals surface area contributed by atoms with E-state index in [4.69, 9.17) is 0 Å². The standard InChI is InChI=1S/C17H26N2O2/c1-4-19(3)17(10-5-6-11-17)12-18-16(21)14-8-7-9-15(20)13(14)2/h7-9,20H,4-6,10-12H2,1-3H3,(H,18,21). The molecule has 21 heavy (non-hydrogen) atoms. The fourth-order valence-corrected chi connectivity index (χ4v) is 3.27. The molecule has 2 N–H and O–H groups in total. The van der Waals surface area contributed by atoms with Gasteiger partial charge in [-0.25, -0.2) is 0 Å². The molecule has 2 rings (SSSR count). The maximum Gasteiger partial charge on any atom is 0.251 e. The van der Waals surface area contributed by atoms with Crippen molar-refractivity contribution < 1.29 is 9.90 Å². The van der Waals surface area contributed by atoms with Gasteiger partial charge in [0.25, 0.3) is 5.91 Å². The number of carbonyl (C=O) groups excluding carboxylic acids is 1. The first kappa shape index (κ1) is 15.8. The maximum atomic E-state index is 12.4. The number of hydrogen-bond acceptors (Lipinski definition) is 3. The maximum absolute atomic E-state index is 12.4. The summed E-state index contributed by atoms with van der Waals surface area (Å²) in [5, 5.41) is 12.8. The third kappa shape index (κ3) is 3.21. The number of likely N-dealkylation sites (N-methyl/N-ethyl adjacent to an activating group) is 1. The molecule has 4 heteroatoms. The van der Waals surface area contributed by atoms with Crippen molar-refractivity contribution in [2.45, 2.75) is 45.1 Å². The van der Waals surface area contributed by atoms with Gasteiger partial charge in [-0.2, -0.15) is 0 Å². The molecule has 4 nitrogen and oxygen atoms in total. The summed E-state index contributed by atoms with van der Waals surface area (Å²) in [5.41, 5.74) is 1.29. The summed E-state index contributed by atoms with van der Waals surface area (Å²) in [7, 11) is 2.14. The molecule has 1 aromatic carbocycles. The number of hydrogen-bond donors (Lipinski definition) is 2. The van der Waals surface area contributed by atoms with Crippen LogP contribution in [0, 0.1) is 6.92 Å². The Balaban J connectivity index is 2.07. The molecule has 116 valence electrons. The van der Waals surface area contributed by atoms with Crippen LogP contribution < -0.4 is 5.32 Å². The zero-order valence-electron chi connectivity index (χ0n) is 13.3. The molecule has 0 radical (unpaired) electrons. The van der Waals surface area contributed by atoms with Crippen LogP contribution in [0.2, 0.25) is 0 Å². The second-order valence-electron chi connectivity index (χ2n) is 6.08. The van der Waals surface area contributed by atoms with E-state index in [-0.39, 0.29) is 17.2 Å². The molecule has 1 saturated carbocycles. The predicted molar refractivity (Wildman–Crippen MR) is 84.7 cm³/mol. The van der Waals surface area contributed by atoms with Gasteiger partial charge >= 0.3 is 0 Å². The number of rotatable bonds is 5. The lowest BCUT2D eigenvalue weighted by Crippen LogP contribution is -2.52. The van der Waals surface area contributed by atoms with E-state index >= 15 is 0 Å². The fraction of sp³-hybridized carbons (Fsp3) is 0.588. The van der Waals surface area contributed by atoms with Gasteiger partial charge in [-0.3, -0.25) is 9.69 Å². The van der Waals surface area contributed by atoms with Crippen molar-refractivity contribution in [2.75, 3.05) is 20.1 Å². The SMILES string of the molecule is CCN(C)C1(CNC(=O)c2cccc(O)c2C)CCCC1. The zero-order valence-corrected chi connectivity index (χ0v) is 13.3. The van der Waals surface area contributed by atoms with Gasteiger partial charge in [-0.15, -0.1) is 0 Å². The molecule has 0 saturated heterocycles. The Morgan fingerprint density at radius 3 is 2.67 bits per heavy atom. The summed E-state index contributed by atoms with van der Waals surface area (Å²) in [6, 6.07) is 5.07. The number of amides is 1. The van der Waals surface area contributed by atoms with E-state index in [0.717, 1.165) is 19.4 Å². The number of nitrogens with zero attached hydrogens (tertiary/aromatic N) is 1. The monoisotopic (exact) mass is 290 g/mol. The van der Waals surface area contributed by atoms with Crippen molar-refractivity contribution in [3.8, 4) is 5.75 Å². The Hall–Kier alpha value is -1.55. The average Bonchev–Trinajstić information content (AvgIpc) is 2.97. The van der Waals surface area contributed by atoms with E-state index in [2.05, 4.69) is 24.2 Å². The van der Waals surface area contributed by atoms with E-state index in [9.17, 15) is 9.90 Å². The normalized spacial score (nSPS) is 17.1. The molecule has 1 aliphatic carbocycles. The number of benzene rings is 1. The van der Waals surface area contributed by atoms with E-state index in [1.807, 2.05) is 0 Å². The van der Waals surface area contributed by atoms with Crippen LogP contribution in [0.25, 0.3) is 0 Å². The van der Waals surface area contributed by atoms with Crippen LogP contribution in [-0.4, -0.2) is 41.6 Å². The smallest absolute Gasteiger partial charge is 0.251 e. The molecule has 0 heterocycles. The Kier molecular flexibility index (Phi) is 4.88. The van der Waals surface area contributed by atoms with Crippen LogP contribution in [0.1, 0.15) is 48.5 Å². The highest BCUT2D eigenvalue weighted by Crippen LogP contribution is 2.34. The molecule has 0 bridgehead atoms. The first-order valence-electron chi connectivity index (χ1n) is 7.78. The summed E-state index contributed by atoms with van der Waals surface area (Å²) in [4.78, 5) is 14.7. The van der Waals surface area contributed by atoms with Crippen LogP contribution in [0.5, 0.6) is 5.75 Å². The van der Waals surface area contributed by atoms with E-state index < -0.39 is 0 Å². The molecule has 1 fully saturated rings. The highest BCUT2D eigenvalue weighted by atomic mass is 16.3. The molecular formula is C17H26N2O2. The number of carbonyl (C=O) groups is 1. The van der Waals surface area contributed by atoms with Gasteiger partial charge in [0.1, 0.15) is 5.75 Å². The molecule has 0 atom stereocenters. The van der Waals surface area contributed by atoms with Crippen molar-refractivity contribution in [3.05, 3.63) is 29.3 Å². The Bertz CT molecular complexity index is 508. The first-order chi connectivity index (χ1) is 10.00. The lowest BCUT2D eigenvalue weighted by Gasteiger charge is -2.38. The fourth-order valence-electron chi connectivity index (χ4n) is 3.27. The van der Waals surface area contributed by atoms with Crippen LogP contribution in [0.4, 0.5) is 0 Å². The van der Waals surface area contributed by atoms with E-state index in [1.165, 1.54) is 12.8 Å². The quantitative estimate of drug-likeness (QED) is 0.876. The Labute approximate surface area is 127 Å². The topological polar surface area (TPSA) is 52.6 Å². The molecule has 0 aliphatic heterocycles. The molecule has 0 aromatic heterocycles. The number of nitrogens with one attached hydrogen (secondary N) is 1. The lowest BCUT2D eigenvalue weighted by atomic mass is 9.95. The number of aromatic hydroxyl groups is 1. The third-order valence-corrected chi connectivity index (χ3v) is 4.95. The number of phenols is 1. The van der Waals surface area contributed by atoms with Crippen molar-refractivity contribution >= 4 is 5.91 Å². The Morgan fingerprint density at radius 2 is 2.05 bits per heavy atom. The van der Waals surface area contributed by atoms with Crippen LogP contribution >= 0.6 is 0 Å². The minimum absolute atomic E-state index is 0.0924. The summed E-state index contributed by atoms with van der Waals surface area (Å²) in [6.07, 6.45) is 4.73. The van der Waals surface area contributed by atoms with E-state index in [1.54, 1.807) is 25.1 Å². The van der Waals surface area contributed by atoms with Crippen molar-refractivity contribution in [1.29, 1.82) is 0 Å². The minimum Gasteiger partial charge on any atom is -0.508 e. The second kappa shape index (κ2) is 6.48. The van der Waals surface area contributed by atoms with Gasteiger partial charge < -0.3 is 10.4 Å². The molecule has 0 unspecified atom stereocenters. The van der Waals surface area contributed by atoms with Gasteiger partial charge in [0, 0.05) is 23.2 Å². The molecule has 1 aliphatic rings. The summed E-state index contributed by atoms with van der Waals surface area (Å²) in [6.45, 7) is 5.58. The zero-order chi connectivity index (χ0) is 15.5. The summed E-state index contributed by atoms with van der Waals surface area (Å²) in [5.74, 6) is 0.0723. The molecule has 0 spiro atoms. The van der Waals surface area contributed by atoms with Crippen LogP contribution in [0.3, 0.4) is 0 Å². The largest absolute Gasteiger partial charge is 0.508 e. The van der Waals surface area contributed by atoms with Crippen LogP contribution in [-0.2, 0) is 0 Å². The first-order valence-corrected chi connectivity index (χ1v) is 7.78. The highest BCUT2D eigenvalue weighted by molar-refractivity contribution is 5.96. The average molecular weight is 290 g/mol. The van der Waals surface area contributed by atoms with Gasteiger partial charge in [-0.05, 0) is 45.5 Å². The predicted octanol–water partition coefficient (Wildman–Crippen LogP) is 2.69. The van der Waals surface area contributed by atoms with Crippen molar-refractivity contribution in [3.63, 3.8) is 0 Å². The second-order valence-corrected chi connectivity index (χ2v) is 6.08. The van der Waals surface area contributed by atoms with Gasteiger partial charge in [0.15, 0.2) is 0 Å². The lowest BCUT2D eigenvalue weighted by molar-refractivity contribution is 0.0873. The summed E-state index contributed by atoms with van der Waals surface area (Å²) >= 11 is 0. The minimum atomic E-state index is -0.0980. The van der Waals surface area contributed by atoms with Crippen LogP contribution in [0.15, 0.2) is 18.2 Å². The van der Waals surface area contributed by atoms with Gasteiger partial charge in [0.2, 0.25) is 0 Å². The summed E-state index contributed by atoms with van der Waals surface area (Å²) < 4.78 is 0. The van der Waals surface area contributed by atoms with Crippen molar-refractivity contribution in [1.82, 2.24) is 10.2 Å².